The third kappa shape index (κ3) is 1.78. The van der Waals surface area contributed by atoms with Crippen LogP contribution in [0.2, 0.25) is 0 Å². The first-order valence-electron chi connectivity index (χ1n) is 4.08. The van der Waals surface area contributed by atoms with Crippen molar-refractivity contribution in [1.82, 2.24) is 14.7 Å². The molecular formula is C7H11N3S2. The molecule has 0 aromatic carbocycles. The minimum atomic E-state index is 0.725. The maximum atomic E-state index is 4.39. The van der Waals surface area contributed by atoms with Crippen LogP contribution in [0.3, 0.4) is 0 Å². The van der Waals surface area contributed by atoms with E-state index in [1.165, 1.54) is 11.5 Å². The number of hydrogen-bond donors (Lipinski definition) is 1. The van der Waals surface area contributed by atoms with Crippen LogP contribution < -0.4 is 5.32 Å². The van der Waals surface area contributed by atoms with Gasteiger partial charge in [-0.2, -0.15) is 4.37 Å². The second-order valence-corrected chi connectivity index (χ2v) is 5.03. The van der Waals surface area contributed by atoms with Gasteiger partial charge in [-0.25, -0.2) is 4.98 Å². The van der Waals surface area contributed by atoms with Gasteiger partial charge in [-0.05, 0) is 11.5 Å². The van der Waals surface area contributed by atoms with E-state index in [2.05, 4.69) is 21.6 Å². The predicted molar refractivity (Wildman–Crippen MR) is 51.8 cm³/mol. The van der Waals surface area contributed by atoms with Gasteiger partial charge in [0.1, 0.15) is 5.82 Å². The van der Waals surface area contributed by atoms with Gasteiger partial charge in [0, 0.05) is 24.8 Å². The van der Waals surface area contributed by atoms with E-state index in [4.69, 9.17) is 0 Å². The van der Waals surface area contributed by atoms with Gasteiger partial charge < -0.3 is 5.32 Å². The second-order valence-electron chi connectivity index (χ2n) is 2.73. The summed E-state index contributed by atoms with van der Waals surface area (Å²) in [6, 6.07) is 0. The first kappa shape index (κ1) is 8.47. The number of aromatic nitrogens is 2. The van der Waals surface area contributed by atoms with Gasteiger partial charge in [0.15, 0.2) is 4.34 Å². The van der Waals surface area contributed by atoms with Crippen LogP contribution in [-0.4, -0.2) is 27.7 Å². The lowest BCUT2D eigenvalue weighted by atomic mass is 10.3. The summed E-state index contributed by atoms with van der Waals surface area (Å²) in [5.41, 5.74) is 0. The largest absolute Gasteiger partial charge is 0.314 e. The molecule has 5 heteroatoms. The molecule has 2 rings (SSSR count). The van der Waals surface area contributed by atoms with E-state index in [0.717, 1.165) is 34.9 Å². The Morgan fingerprint density at radius 3 is 3.00 bits per heavy atom. The number of rotatable bonds is 3. The molecule has 1 aliphatic heterocycles. The highest BCUT2D eigenvalue weighted by atomic mass is 32.2. The highest BCUT2D eigenvalue weighted by molar-refractivity contribution is 8.01. The Labute approximate surface area is 80.1 Å². The Kier molecular flexibility index (Phi) is 2.63. The zero-order valence-electron chi connectivity index (χ0n) is 6.91. The predicted octanol–water partition coefficient (Wildman–Crippen LogP) is 1.16. The Balaban J connectivity index is 1.93. The molecule has 1 aromatic heterocycles. The molecule has 1 fully saturated rings. The van der Waals surface area contributed by atoms with Crippen LogP contribution >= 0.6 is 23.3 Å². The number of aryl methyl sites for hydroxylation is 1. The van der Waals surface area contributed by atoms with Gasteiger partial charge in [0.25, 0.3) is 0 Å². The average Bonchev–Trinajstić information content (AvgIpc) is 2.44. The highest BCUT2D eigenvalue weighted by Gasteiger charge is 2.19. The lowest BCUT2D eigenvalue weighted by Gasteiger charge is -2.24. The fourth-order valence-electron chi connectivity index (χ4n) is 0.918. The Bertz CT molecular complexity index is 257. The highest BCUT2D eigenvalue weighted by Crippen LogP contribution is 2.26. The number of thioether (sulfide) groups is 1. The summed E-state index contributed by atoms with van der Waals surface area (Å²) in [6.45, 7) is 4.32. The maximum absolute atomic E-state index is 4.39. The maximum Gasteiger partial charge on any atom is 0.170 e. The molecule has 12 heavy (non-hydrogen) atoms. The van der Waals surface area contributed by atoms with Gasteiger partial charge in [0.05, 0.1) is 0 Å². The van der Waals surface area contributed by atoms with Crippen molar-refractivity contribution in [2.75, 3.05) is 13.1 Å². The van der Waals surface area contributed by atoms with Gasteiger partial charge in [-0.1, -0.05) is 18.7 Å². The van der Waals surface area contributed by atoms with Gasteiger partial charge in [-0.15, -0.1) is 0 Å². The number of nitrogens with zero attached hydrogens (tertiary/aromatic N) is 2. The number of nitrogens with one attached hydrogen (secondary N) is 1. The van der Waals surface area contributed by atoms with E-state index in [1.807, 2.05) is 11.8 Å². The van der Waals surface area contributed by atoms with Crippen molar-refractivity contribution in [3.8, 4) is 0 Å². The Hall–Kier alpha value is -0.130. The van der Waals surface area contributed by atoms with Gasteiger partial charge >= 0.3 is 0 Å². The van der Waals surface area contributed by atoms with Crippen LogP contribution in [-0.2, 0) is 6.42 Å². The van der Waals surface area contributed by atoms with Crippen LogP contribution in [0.5, 0.6) is 0 Å². The summed E-state index contributed by atoms with van der Waals surface area (Å²) in [5, 5.41) is 3.96. The molecular weight excluding hydrogens is 190 g/mol. The molecule has 0 aliphatic carbocycles. The molecule has 2 heterocycles. The molecule has 1 saturated heterocycles. The van der Waals surface area contributed by atoms with Crippen molar-refractivity contribution >= 4 is 23.3 Å². The first-order chi connectivity index (χ1) is 5.88. The standard InChI is InChI=1S/C7H11N3S2/c1-2-6-9-7(12-10-6)11-5-3-8-4-5/h5,8H,2-4H2,1H3. The molecule has 0 saturated carbocycles. The van der Waals surface area contributed by atoms with Crippen LogP contribution in [0.25, 0.3) is 0 Å². The Morgan fingerprint density at radius 1 is 1.67 bits per heavy atom. The zero-order chi connectivity index (χ0) is 8.39. The molecule has 66 valence electrons. The van der Waals surface area contributed by atoms with Crippen LogP contribution in [0, 0.1) is 0 Å². The number of hydrogen-bond acceptors (Lipinski definition) is 5. The monoisotopic (exact) mass is 201 g/mol. The normalized spacial score (nSPS) is 17.8. The Morgan fingerprint density at radius 2 is 2.50 bits per heavy atom. The van der Waals surface area contributed by atoms with Crippen molar-refractivity contribution in [2.24, 2.45) is 0 Å². The summed E-state index contributed by atoms with van der Waals surface area (Å²) in [7, 11) is 0. The van der Waals surface area contributed by atoms with Crippen molar-refractivity contribution in [2.45, 2.75) is 22.9 Å². The van der Waals surface area contributed by atoms with Crippen molar-refractivity contribution in [3.63, 3.8) is 0 Å². The van der Waals surface area contributed by atoms with E-state index in [1.54, 1.807) is 0 Å². The molecule has 0 spiro atoms. The van der Waals surface area contributed by atoms with Crippen LogP contribution in [0.4, 0.5) is 0 Å². The summed E-state index contributed by atoms with van der Waals surface area (Å²) >= 11 is 3.37. The molecule has 0 bridgehead atoms. The summed E-state index contributed by atoms with van der Waals surface area (Å²) in [4.78, 5) is 4.39. The van der Waals surface area contributed by atoms with Crippen LogP contribution in [0.1, 0.15) is 12.7 Å². The molecule has 0 unspecified atom stereocenters. The van der Waals surface area contributed by atoms with Crippen molar-refractivity contribution in [3.05, 3.63) is 5.82 Å². The zero-order valence-corrected chi connectivity index (χ0v) is 8.54. The minimum absolute atomic E-state index is 0.725. The molecule has 1 aromatic rings. The van der Waals surface area contributed by atoms with E-state index in [0.29, 0.717) is 0 Å². The molecule has 1 N–H and O–H groups in total. The third-order valence-corrected chi connectivity index (χ3v) is 3.80. The summed E-state index contributed by atoms with van der Waals surface area (Å²) in [6.07, 6.45) is 0.944. The van der Waals surface area contributed by atoms with Crippen molar-refractivity contribution < 1.29 is 0 Å². The van der Waals surface area contributed by atoms with Crippen LogP contribution in [0.15, 0.2) is 4.34 Å². The fraction of sp³-hybridized carbons (Fsp3) is 0.714. The SMILES string of the molecule is CCc1nsc(SC2CNC2)n1. The molecule has 0 radical (unpaired) electrons. The smallest absolute Gasteiger partial charge is 0.170 e. The molecule has 0 amide bonds. The molecule has 3 nitrogen and oxygen atoms in total. The summed E-state index contributed by atoms with van der Waals surface area (Å²) < 4.78 is 5.36. The van der Waals surface area contributed by atoms with Crippen molar-refractivity contribution in [1.29, 1.82) is 0 Å². The van der Waals surface area contributed by atoms with E-state index < -0.39 is 0 Å². The molecule has 0 atom stereocenters. The lowest BCUT2D eigenvalue weighted by Crippen LogP contribution is -2.44. The van der Waals surface area contributed by atoms with E-state index in [-0.39, 0.29) is 0 Å². The second kappa shape index (κ2) is 3.72. The van der Waals surface area contributed by atoms with Gasteiger partial charge in [0.2, 0.25) is 0 Å². The van der Waals surface area contributed by atoms with Gasteiger partial charge in [-0.3, -0.25) is 0 Å². The van der Waals surface area contributed by atoms with E-state index in [9.17, 15) is 0 Å². The first-order valence-corrected chi connectivity index (χ1v) is 5.73. The third-order valence-electron chi connectivity index (χ3n) is 1.78. The molecule has 1 aliphatic rings. The van der Waals surface area contributed by atoms with E-state index >= 15 is 0 Å². The minimum Gasteiger partial charge on any atom is -0.314 e. The fourth-order valence-corrected chi connectivity index (χ4v) is 2.95. The quantitative estimate of drug-likeness (QED) is 0.796. The topological polar surface area (TPSA) is 37.8 Å². The average molecular weight is 201 g/mol. The summed E-state index contributed by atoms with van der Waals surface area (Å²) in [5.74, 6) is 0.981. The lowest BCUT2D eigenvalue weighted by molar-refractivity contribution is 0.543.